The Morgan fingerprint density at radius 3 is 2.44 bits per heavy atom. The fraction of sp³-hybridized carbons (Fsp3) is 0.848. The first-order valence-corrected chi connectivity index (χ1v) is 15.6. The summed E-state index contributed by atoms with van der Waals surface area (Å²) in [5.41, 5.74) is 2.43. The second kappa shape index (κ2) is 11.9. The Hall–Kier alpha value is -1.85. The molecule has 7 atom stereocenters. The molecule has 0 radical (unpaired) electrons. The van der Waals surface area contributed by atoms with Crippen LogP contribution in [0.25, 0.3) is 0 Å². The molecule has 6 nitrogen and oxygen atoms in total. The van der Waals surface area contributed by atoms with E-state index in [4.69, 9.17) is 14.6 Å². The van der Waals surface area contributed by atoms with Gasteiger partial charge in [-0.1, -0.05) is 65.5 Å². The number of rotatable bonds is 11. The van der Waals surface area contributed by atoms with Crippen LogP contribution >= 0.6 is 0 Å². The van der Waals surface area contributed by atoms with Crippen LogP contribution < -0.4 is 0 Å². The minimum Gasteiger partial charge on any atom is -0.481 e. The summed E-state index contributed by atoms with van der Waals surface area (Å²) in [6.45, 7) is 11.9. The zero-order valence-electron chi connectivity index (χ0n) is 25.1. The van der Waals surface area contributed by atoms with Crippen LogP contribution in [0.15, 0.2) is 11.6 Å². The van der Waals surface area contributed by atoms with Gasteiger partial charge in [0.05, 0.1) is 12.8 Å². The van der Waals surface area contributed by atoms with Crippen LogP contribution in [0.1, 0.15) is 125 Å². The topological polar surface area (TPSA) is 89.9 Å². The number of aliphatic carboxylic acids is 1. The molecule has 0 aliphatic heterocycles. The highest BCUT2D eigenvalue weighted by Crippen LogP contribution is 2.71. The van der Waals surface area contributed by atoms with Gasteiger partial charge >= 0.3 is 17.9 Å². The minimum atomic E-state index is -1.07. The zero-order chi connectivity index (χ0) is 28.4. The summed E-state index contributed by atoms with van der Waals surface area (Å²) in [4.78, 5) is 34.6. The quantitative estimate of drug-likeness (QED) is 0.165. The van der Waals surface area contributed by atoms with Gasteiger partial charge in [0.15, 0.2) is 6.61 Å². The van der Waals surface area contributed by atoms with Gasteiger partial charge in [-0.25, -0.2) is 4.79 Å². The highest BCUT2D eigenvalue weighted by molar-refractivity contribution is 5.79. The van der Waals surface area contributed by atoms with Crippen molar-refractivity contribution in [2.45, 2.75) is 131 Å². The fourth-order valence-corrected chi connectivity index (χ4v) is 9.55. The van der Waals surface area contributed by atoms with E-state index >= 15 is 0 Å². The first kappa shape index (κ1) is 30.1. The minimum absolute atomic E-state index is 0.163. The summed E-state index contributed by atoms with van der Waals surface area (Å²) >= 11 is 0. The summed E-state index contributed by atoms with van der Waals surface area (Å²) in [5.74, 6) is 0.848. The van der Waals surface area contributed by atoms with Gasteiger partial charge in [-0.2, -0.15) is 0 Å². The number of hydrogen-bond acceptors (Lipinski definition) is 5. The number of carboxylic acid groups (broad SMARTS) is 1. The Morgan fingerprint density at radius 1 is 0.949 bits per heavy atom. The van der Waals surface area contributed by atoms with Crippen LogP contribution in [0, 0.1) is 39.9 Å². The van der Waals surface area contributed by atoms with E-state index in [0.29, 0.717) is 16.7 Å². The van der Waals surface area contributed by atoms with Crippen molar-refractivity contribution < 1.29 is 29.0 Å². The summed E-state index contributed by atoms with van der Waals surface area (Å²) in [7, 11) is 0. The molecule has 0 heterocycles. The van der Waals surface area contributed by atoms with E-state index in [0.717, 1.165) is 43.4 Å². The van der Waals surface area contributed by atoms with Crippen molar-refractivity contribution in [3.63, 3.8) is 0 Å². The number of ether oxygens (including phenoxy) is 2. The third-order valence-corrected chi connectivity index (χ3v) is 11.6. The van der Waals surface area contributed by atoms with E-state index in [1.165, 1.54) is 56.9 Å². The molecule has 0 aromatic carbocycles. The molecule has 39 heavy (non-hydrogen) atoms. The van der Waals surface area contributed by atoms with Crippen molar-refractivity contribution >= 4 is 17.9 Å². The highest BCUT2D eigenvalue weighted by atomic mass is 16.6. The molecule has 4 rings (SSSR count). The molecule has 220 valence electrons. The molecule has 4 aliphatic carbocycles. The molecule has 3 fully saturated rings. The molecule has 0 spiro atoms. The van der Waals surface area contributed by atoms with Crippen molar-refractivity contribution in [3.05, 3.63) is 11.6 Å². The SMILES string of the molecule is CC(C)CCCCC1CCC2C1(C)CCC1C3(C)CCC(OC(=O)COC(=O)CCC(=O)O)CC3=CCC12C. The van der Waals surface area contributed by atoms with E-state index < -0.39 is 24.5 Å². The van der Waals surface area contributed by atoms with Gasteiger partial charge in [0.1, 0.15) is 6.10 Å². The van der Waals surface area contributed by atoms with E-state index in [1.54, 1.807) is 0 Å². The maximum Gasteiger partial charge on any atom is 0.344 e. The summed E-state index contributed by atoms with van der Waals surface area (Å²) < 4.78 is 10.6. The normalized spacial score (nSPS) is 37.3. The molecule has 6 heteroatoms. The number of unbranched alkanes of at least 4 members (excludes halogenated alkanes) is 1. The maximum atomic E-state index is 12.4. The number of carboxylic acids is 1. The van der Waals surface area contributed by atoms with Crippen molar-refractivity contribution in [2.75, 3.05) is 6.61 Å². The number of carbonyl (C=O) groups is 3. The molecule has 0 amide bonds. The number of carbonyl (C=O) groups excluding carboxylic acids is 2. The second-order valence-electron chi connectivity index (χ2n) is 14.4. The number of allylic oxidation sites excluding steroid dienone is 1. The summed E-state index contributed by atoms with van der Waals surface area (Å²) in [6, 6.07) is 0. The summed E-state index contributed by atoms with van der Waals surface area (Å²) in [6.07, 6.45) is 16.5. The van der Waals surface area contributed by atoms with Crippen LogP contribution in [0.2, 0.25) is 0 Å². The average Bonchev–Trinajstić information content (AvgIpc) is 3.21. The van der Waals surface area contributed by atoms with Crippen LogP contribution in [-0.2, 0) is 23.9 Å². The predicted molar refractivity (Wildman–Crippen MR) is 151 cm³/mol. The second-order valence-corrected chi connectivity index (χ2v) is 14.4. The Balaban J connectivity index is 1.35. The van der Waals surface area contributed by atoms with E-state index in [9.17, 15) is 14.4 Å². The molecule has 0 saturated heterocycles. The third kappa shape index (κ3) is 6.25. The highest BCUT2D eigenvalue weighted by Gasteiger charge is 2.63. The van der Waals surface area contributed by atoms with Gasteiger partial charge in [0.25, 0.3) is 0 Å². The van der Waals surface area contributed by atoms with E-state index in [2.05, 4.69) is 40.7 Å². The molecule has 4 aliphatic rings. The smallest absolute Gasteiger partial charge is 0.344 e. The van der Waals surface area contributed by atoms with Gasteiger partial charge in [-0.05, 0) is 91.3 Å². The van der Waals surface area contributed by atoms with Crippen LogP contribution in [0.5, 0.6) is 0 Å². The van der Waals surface area contributed by atoms with Gasteiger partial charge in [0, 0.05) is 6.42 Å². The van der Waals surface area contributed by atoms with E-state index in [-0.39, 0.29) is 24.4 Å². The predicted octanol–water partition coefficient (Wildman–Crippen LogP) is 7.49. The standard InChI is InChI=1S/C33H52O6/c1-22(2)8-6-7-9-23-10-11-26-31(23,3)19-16-27-32(4)18-15-25(20-24(32)14-17-33(26,27)5)39-30(37)21-38-29(36)13-12-28(34)35/h14,22-23,25-27H,6-13,15-21H2,1-5H3,(H,34,35). The Labute approximate surface area is 235 Å². The molecule has 3 saturated carbocycles. The first-order valence-electron chi connectivity index (χ1n) is 15.6. The maximum absolute atomic E-state index is 12.4. The lowest BCUT2D eigenvalue weighted by atomic mass is 9.41. The Morgan fingerprint density at radius 2 is 1.72 bits per heavy atom. The van der Waals surface area contributed by atoms with Crippen LogP contribution in [0.3, 0.4) is 0 Å². The number of esters is 2. The first-order chi connectivity index (χ1) is 18.4. The third-order valence-electron chi connectivity index (χ3n) is 11.6. The number of fused-ring (bicyclic) bond motifs is 5. The molecular formula is C33H52O6. The lowest BCUT2D eigenvalue weighted by Crippen LogP contribution is -2.56. The fourth-order valence-electron chi connectivity index (χ4n) is 9.55. The van der Waals surface area contributed by atoms with Crippen LogP contribution in [-0.4, -0.2) is 35.7 Å². The zero-order valence-corrected chi connectivity index (χ0v) is 25.1. The van der Waals surface area contributed by atoms with E-state index in [1.807, 2.05) is 0 Å². The molecule has 0 aromatic rings. The average molecular weight is 545 g/mol. The van der Waals surface area contributed by atoms with Gasteiger partial charge in [-0.3, -0.25) is 9.59 Å². The summed E-state index contributed by atoms with van der Waals surface area (Å²) in [5, 5.41) is 8.68. The lowest BCUT2D eigenvalue weighted by molar-refractivity contribution is -0.165. The molecule has 7 unspecified atom stereocenters. The molecule has 1 N–H and O–H groups in total. The van der Waals surface area contributed by atoms with Crippen LogP contribution in [0.4, 0.5) is 0 Å². The van der Waals surface area contributed by atoms with Gasteiger partial charge in [0.2, 0.25) is 0 Å². The van der Waals surface area contributed by atoms with Gasteiger partial charge in [-0.15, -0.1) is 0 Å². The molecular weight excluding hydrogens is 492 g/mol. The lowest BCUT2D eigenvalue weighted by Gasteiger charge is -2.63. The van der Waals surface area contributed by atoms with Gasteiger partial charge < -0.3 is 14.6 Å². The van der Waals surface area contributed by atoms with Crippen molar-refractivity contribution in [1.82, 2.24) is 0 Å². The Kier molecular flexibility index (Phi) is 9.22. The molecule has 0 bridgehead atoms. The van der Waals surface area contributed by atoms with Crippen molar-refractivity contribution in [2.24, 2.45) is 39.9 Å². The molecule has 0 aromatic heterocycles. The largest absolute Gasteiger partial charge is 0.481 e. The number of hydrogen-bond donors (Lipinski definition) is 1. The monoisotopic (exact) mass is 544 g/mol. The van der Waals surface area contributed by atoms with Crippen molar-refractivity contribution in [3.8, 4) is 0 Å². The Bertz CT molecular complexity index is 954. The van der Waals surface area contributed by atoms with Crippen molar-refractivity contribution in [1.29, 1.82) is 0 Å².